The molecule has 1 fully saturated rings. The maximum Gasteiger partial charge on any atom is 0.0484 e. The smallest absolute Gasteiger partial charge is 0.0484 e. The van der Waals surface area contributed by atoms with Gasteiger partial charge >= 0.3 is 0 Å². The Morgan fingerprint density at radius 1 is 0.941 bits per heavy atom. The first-order valence-electron chi connectivity index (χ1n) is 6.59. The van der Waals surface area contributed by atoms with Gasteiger partial charge in [0.25, 0.3) is 0 Å². The number of benzene rings is 1. The number of aromatic nitrogens is 1. The van der Waals surface area contributed by atoms with Gasteiger partial charge in [0.2, 0.25) is 0 Å². The van der Waals surface area contributed by atoms with Gasteiger partial charge in [0.15, 0.2) is 0 Å². The molecule has 0 radical (unpaired) electrons. The fraction of sp³-hybridized carbons (Fsp3) is 0.375. The molecule has 2 aromatic rings. The van der Waals surface area contributed by atoms with Crippen LogP contribution in [0.1, 0.15) is 37.4 Å². The van der Waals surface area contributed by atoms with Crippen LogP contribution in [-0.4, -0.2) is 4.57 Å². The monoisotopic (exact) mass is 225 g/mol. The molecule has 0 saturated heterocycles. The number of aryl methyl sites for hydroxylation is 1. The van der Waals surface area contributed by atoms with E-state index in [0.717, 1.165) is 6.04 Å². The van der Waals surface area contributed by atoms with Crippen LogP contribution < -0.4 is 0 Å². The van der Waals surface area contributed by atoms with Crippen molar-refractivity contribution in [2.24, 2.45) is 0 Å². The molecule has 0 atom stereocenters. The van der Waals surface area contributed by atoms with E-state index < -0.39 is 0 Å². The van der Waals surface area contributed by atoms with Gasteiger partial charge in [-0.2, -0.15) is 0 Å². The largest absolute Gasteiger partial charge is 0.342 e. The first-order chi connectivity index (χ1) is 8.36. The molecule has 1 aromatic heterocycles. The molecule has 0 unspecified atom stereocenters. The topological polar surface area (TPSA) is 4.93 Å². The number of rotatable bonds is 2. The van der Waals surface area contributed by atoms with Gasteiger partial charge in [0, 0.05) is 17.4 Å². The van der Waals surface area contributed by atoms with E-state index in [-0.39, 0.29) is 0 Å². The van der Waals surface area contributed by atoms with Crippen molar-refractivity contribution in [3.05, 3.63) is 48.2 Å². The highest BCUT2D eigenvalue weighted by atomic mass is 15.0. The molecular weight excluding hydrogens is 206 g/mol. The van der Waals surface area contributed by atoms with Crippen LogP contribution in [0, 0.1) is 6.92 Å². The summed E-state index contributed by atoms with van der Waals surface area (Å²) in [7, 11) is 0. The Hall–Kier alpha value is -1.50. The van der Waals surface area contributed by atoms with E-state index in [9.17, 15) is 0 Å². The van der Waals surface area contributed by atoms with Crippen LogP contribution in [0.5, 0.6) is 0 Å². The standard InChI is InChI=1S/C16H19N/c1-13-11-12-16(14-7-3-2-4-8-14)17(13)15-9-5-6-10-15/h2-4,7-8,11-12,15H,5-6,9-10H2,1H3. The third-order valence-corrected chi connectivity index (χ3v) is 3.88. The Bertz CT molecular complexity index is 489. The average Bonchev–Trinajstić information content (AvgIpc) is 2.99. The minimum atomic E-state index is 0.722. The highest BCUT2D eigenvalue weighted by molar-refractivity contribution is 5.61. The van der Waals surface area contributed by atoms with Crippen molar-refractivity contribution in [1.82, 2.24) is 4.57 Å². The first kappa shape index (κ1) is 10.6. The van der Waals surface area contributed by atoms with Gasteiger partial charge in [-0.05, 0) is 37.5 Å². The molecule has 1 heterocycles. The number of hydrogen-bond acceptors (Lipinski definition) is 0. The normalized spacial score (nSPS) is 16.5. The second-order valence-electron chi connectivity index (χ2n) is 5.03. The van der Waals surface area contributed by atoms with Gasteiger partial charge in [-0.3, -0.25) is 0 Å². The van der Waals surface area contributed by atoms with Crippen LogP contribution in [0.3, 0.4) is 0 Å². The summed E-state index contributed by atoms with van der Waals surface area (Å²) in [5, 5.41) is 0. The lowest BCUT2D eigenvalue weighted by atomic mass is 10.1. The predicted octanol–water partition coefficient (Wildman–Crippen LogP) is 4.58. The third-order valence-electron chi connectivity index (χ3n) is 3.88. The second-order valence-corrected chi connectivity index (χ2v) is 5.03. The summed E-state index contributed by atoms with van der Waals surface area (Å²) in [4.78, 5) is 0. The van der Waals surface area contributed by atoms with E-state index in [0.29, 0.717) is 0 Å². The molecule has 1 aliphatic carbocycles. The first-order valence-corrected chi connectivity index (χ1v) is 6.59. The Kier molecular flexibility index (Phi) is 2.76. The molecule has 1 aromatic carbocycles. The Balaban J connectivity index is 2.06. The van der Waals surface area contributed by atoms with Gasteiger partial charge in [0.05, 0.1) is 0 Å². The fourth-order valence-electron chi connectivity index (χ4n) is 3.04. The van der Waals surface area contributed by atoms with Gasteiger partial charge in [-0.15, -0.1) is 0 Å². The van der Waals surface area contributed by atoms with Crippen LogP contribution in [0.2, 0.25) is 0 Å². The van der Waals surface area contributed by atoms with Crippen molar-refractivity contribution in [1.29, 1.82) is 0 Å². The maximum atomic E-state index is 2.54. The van der Waals surface area contributed by atoms with E-state index in [1.165, 1.54) is 42.6 Å². The summed E-state index contributed by atoms with van der Waals surface area (Å²) in [6, 6.07) is 16.0. The van der Waals surface area contributed by atoms with Gasteiger partial charge in [-0.1, -0.05) is 43.2 Å². The van der Waals surface area contributed by atoms with Crippen molar-refractivity contribution < 1.29 is 0 Å². The highest BCUT2D eigenvalue weighted by Gasteiger charge is 2.20. The molecule has 1 aliphatic rings. The van der Waals surface area contributed by atoms with Crippen LogP contribution >= 0.6 is 0 Å². The lowest BCUT2D eigenvalue weighted by Crippen LogP contribution is -2.07. The van der Waals surface area contributed by atoms with E-state index in [1.54, 1.807) is 0 Å². The van der Waals surface area contributed by atoms with Crippen LogP contribution in [0.15, 0.2) is 42.5 Å². The SMILES string of the molecule is Cc1ccc(-c2ccccc2)n1C1CCCC1. The quantitative estimate of drug-likeness (QED) is 0.705. The van der Waals surface area contributed by atoms with Crippen LogP contribution in [0.25, 0.3) is 11.3 Å². The minimum absolute atomic E-state index is 0.722. The zero-order valence-electron chi connectivity index (χ0n) is 10.4. The molecule has 1 saturated carbocycles. The molecule has 0 amide bonds. The lowest BCUT2D eigenvalue weighted by Gasteiger charge is -2.18. The highest BCUT2D eigenvalue weighted by Crippen LogP contribution is 2.35. The van der Waals surface area contributed by atoms with Crippen molar-refractivity contribution in [2.75, 3.05) is 0 Å². The molecule has 0 N–H and O–H groups in total. The average molecular weight is 225 g/mol. The van der Waals surface area contributed by atoms with Crippen molar-refractivity contribution in [3.8, 4) is 11.3 Å². The summed E-state index contributed by atoms with van der Waals surface area (Å²) in [6.07, 6.45) is 5.46. The van der Waals surface area contributed by atoms with Crippen molar-refractivity contribution in [2.45, 2.75) is 38.6 Å². The van der Waals surface area contributed by atoms with Gasteiger partial charge < -0.3 is 4.57 Å². The minimum Gasteiger partial charge on any atom is -0.342 e. The molecule has 0 spiro atoms. The zero-order chi connectivity index (χ0) is 11.7. The molecule has 88 valence electrons. The molecular formula is C16H19N. The van der Waals surface area contributed by atoms with Crippen molar-refractivity contribution >= 4 is 0 Å². The van der Waals surface area contributed by atoms with Crippen molar-refractivity contribution in [3.63, 3.8) is 0 Å². The summed E-state index contributed by atoms with van der Waals surface area (Å²) >= 11 is 0. The Morgan fingerprint density at radius 2 is 1.65 bits per heavy atom. The second kappa shape index (κ2) is 4.40. The van der Waals surface area contributed by atoms with Crippen LogP contribution in [0.4, 0.5) is 0 Å². The van der Waals surface area contributed by atoms with E-state index in [2.05, 4.69) is 54.0 Å². The number of nitrogens with zero attached hydrogens (tertiary/aromatic N) is 1. The molecule has 1 heteroatoms. The Morgan fingerprint density at radius 3 is 2.35 bits per heavy atom. The Labute approximate surface area is 103 Å². The predicted molar refractivity (Wildman–Crippen MR) is 72.1 cm³/mol. The molecule has 0 bridgehead atoms. The van der Waals surface area contributed by atoms with E-state index in [4.69, 9.17) is 0 Å². The fourth-order valence-corrected chi connectivity index (χ4v) is 3.04. The zero-order valence-corrected chi connectivity index (χ0v) is 10.4. The summed E-state index contributed by atoms with van der Waals surface area (Å²) in [5.74, 6) is 0. The lowest BCUT2D eigenvalue weighted by molar-refractivity contribution is 0.515. The maximum absolute atomic E-state index is 2.54. The molecule has 1 nitrogen and oxygen atoms in total. The summed E-state index contributed by atoms with van der Waals surface area (Å²) < 4.78 is 2.54. The third kappa shape index (κ3) is 1.90. The summed E-state index contributed by atoms with van der Waals surface area (Å²) in [6.45, 7) is 2.23. The van der Waals surface area contributed by atoms with E-state index >= 15 is 0 Å². The van der Waals surface area contributed by atoms with Gasteiger partial charge in [0.1, 0.15) is 0 Å². The molecule has 0 aliphatic heterocycles. The molecule has 17 heavy (non-hydrogen) atoms. The molecule has 3 rings (SSSR count). The van der Waals surface area contributed by atoms with Gasteiger partial charge in [-0.25, -0.2) is 0 Å². The van der Waals surface area contributed by atoms with E-state index in [1.807, 2.05) is 0 Å². The summed E-state index contributed by atoms with van der Waals surface area (Å²) in [5.41, 5.74) is 4.12. The van der Waals surface area contributed by atoms with Crippen LogP contribution in [-0.2, 0) is 0 Å². The number of hydrogen-bond donors (Lipinski definition) is 0.